The van der Waals surface area contributed by atoms with Crippen LogP contribution in [0.25, 0.3) is 0 Å². The molecule has 66 heavy (non-hydrogen) atoms. The summed E-state index contributed by atoms with van der Waals surface area (Å²) in [5, 5.41) is 61.6. The Morgan fingerprint density at radius 2 is 1.23 bits per heavy atom. The molecule has 1 aliphatic rings. The molecule has 3 rings (SSSR count). The SMILES string of the molecule is NCCCC/C(=N/C(=O)[C@@H](Cc1ccccc1)NC(=O)/C(Cc1ccc(O)c(I)c1)=N/C(=O)CCC(C(=O)O)N1CCN(CC(=O)O)CCN(CC(=O)O)CCN(CC(=O)O)CC1)C(=O)O. The van der Waals surface area contributed by atoms with Crippen LogP contribution in [0.1, 0.15) is 43.2 Å². The second-order valence-electron chi connectivity index (χ2n) is 15.5. The number of phenols is 1. The molecule has 2 aromatic rings. The number of hydrogen-bond donors (Lipinski definition) is 8. The Morgan fingerprint density at radius 1 is 0.682 bits per heavy atom. The van der Waals surface area contributed by atoms with Gasteiger partial charge in [-0.15, -0.1) is 0 Å². The van der Waals surface area contributed by atoms with Gasteiger partial charge in [-0.25, -0.2) is 14.8 Å². The molecule has 0 aliphatic carbocycles. The number of aromatic hydroxyl groups is 1. The normalized spacial score (nSPS) is 16.3. The summed E-state index contributed by atoms with van der Waals surface area (Å²) < 4.78 is 0.412. The van der Waals surface area contributed by atoms with Crippen molar-refractivity contribution in [1.29, 1.82) is 0 Å². The topological polar surface area (TPSA) is 334 Å². The van der Waals surface area contributed by atoms with E-state index in [4.69, 9.17) is 5.73 Å². The summed E-state index contributed by atoms with van der Waals surface area (Å²) in [5.41, 5.74) is 5.75. The molecule has 0 bridgehead atoms. The molecular weight excluding hydrogens is 979 g/mol. The fraction of sp³-hybridized carbons (Fsp3) is 0.488. The summed E-state index contributed by atoms with van der Waals surface area (Å²) in [6.07, 6.45) is -0.508. The molecule has 0 aromatic heterocycles. The van der Waals surface area contributed by atoms with Crippen LogP contribution in [0.15, 0.2) is 58.5 Å². The fourth-order valence-electron chi connectivity index (χ4n) is 7.02. The molecule has 23 heteroatoms. The van der Waals surface area contributed by atoms with E-state index in [9.17, 15) is 69.0 Å². The predicted molar refractivity (Wildman–Crippen MR) is 246 cm³/mol. The van der Waals surface area contributed by atoms with Crippen LogP contribution in [0.3, 0.4) is 0 Å². The molecule has 2 atom stereocenters. The minimum Gasteiger partial charge on any atom is -0.507 e. The number of halogens is 1. The molecule has 22 nitrogen and oxygen atoms in total. The van der Waals surface area contributed by atoms with E-state index in [0.29, 0.717) is 34.1 Å². The van der Waals surface area contributed by atoms with Crippen LogP contribution < -0.4 is 11.1 Å². The lowest BCUT2D eigenvalue weighted by molar-refractivity contribution is -0.145. The molecule has 0 radical (unpaired) electrons. The van der Waals surface area contributed by atoms with Crippen LogP contribution in [0.4, 0.5) is 0 Å². The Bertz CT molecular complexity index is 2060. The fourth-order valence-corrected chi connectivity index (χ4v) is 7.60. The molecule has 1 fully saturated rings. The molecule has 0 saturated carbocycles. The summed E-state index contributed by atoms with van der Waals surface area (Å²) >= 11 is 1.87. The number of carboxylic acid groups (broad SMARTS) is 5. The van der Waals surface area contributed by atoms with Crippen molar-refractivity contribution in [2.24, 2.45) is 15.7 Å². The summed E-state index contributed by atoms with van der Waals surface area (Å²) in [4.78, 5) is 116. The second-order valence-corrected chi connectivity index (χ2v) is 16.7. The standard InChI is InChI=1S/C43H57IN8O14/c44-30-22-29(9-11-35(30)53)24-32(40(61)48-33(23-28-6-2-1-3-7-28)41(62)47-31(42(63)64)8-4-5-13-45)46-36(54)12-10-34(43(65)66)52-20-18-50(26-38(57)58)16-14-49(25-37(55)56)15-17-51(19-21-52)27-39(59)60/h1-3,6-7,9,11,22,33-34,53H,4-5,8,10,12-21,23-27,45H2,(H,48,61)(H,55,56)(H,57,58)(H,59,60)(H,63,64)(H,65,66)/b46-32+,47-31-/t33-,34?/m1/s1. The smallest absolute Gasteiger partial charge is 0.350 e. The first-order valence-corrected chi connectivity index (χ1v) is 22.2. The quantitative estimate of drug-likeness (QED) is 0.0416. The molecular formula is C43H57IN8O14. The van der Waals surface area contributed by atoms with Crippen molar-refractivity contribution in [3.8, 4) is 5.75 Å². The van der Waals surface area contributed by atoms with Crippen LogP contribution >= 0.6 is 22.6 Å². The van der Waals surface area contributed by atoms with Gasteiger partial charge in [0.15, 0.2) is 0 Å². The van der Waals surface area contributed by atoms with E-state index in [2.05, 4.69) is 15.3 Å². The van der Waals surface area contributed by atoms with E-state index in [1.807, 2.05) is 22.6 Å². The third kappa shape index (κ3) is 20.2. The Kier molecular flexibility index (Phi) is 23.4. The molecule has 1 saturated heterocycles. The number of rotatable bonds is 23. The number of phenolic OH excluding ortho intramolecular Hbond substituents is 1. The number of nitrogens with one attached hydrogen (secondary N) is 1. The first kappa shape index (κ1) is 54.6. The number of carbonyl (C=O) groups is 8. The first-order chi connectivity index (χ1) is 31.3. The van der Waals surface area contributed by atoms with Crippen molar-refractivity contribution in [1.82, 2.24) is 24.9 Å². The van der Waals surface area contributed by atoms with Gasteiger partial charge in [-0.05, 0) is 78.1 Å². The van der Waals surface area contributed by atoms with Crippen molar-refractivity contribution in [2.45, 2.75) is 57.0 Å². The van der Waals surface area contributed by atoms with Crippen molar-refractivity contribution in [3.63, 3.8) is 0 Å². The summed E-state index contributed by atoms with van der Waals surface area (Å²) in [7, 11) is 0. The number of nitrogens with zero attached hydrogens (tertiary/aromatic N) is 6. The Labute approximate surface area is 394 Å². The van der Waals surface area contributed by atoms with Gasteiger partial charge in [-0.2, -0.15) is 0 Å². The monoisotopic (exact) mass is 1040 g/mol. The van der Waals surface area contributed by atoms with Crippen LogP contribution in [-0.2, 0) is 51.2 Å². The summed E-state index contributed by atoms with van der Waals surface area (Å²) in [5.74, 6) is -9.14. The maximum atomic E-state index is 14.1. The lowest BCUT2D eigenvalue weighted by Crippen LogP contribution is -2.51. The van der Waals surface area contributed by atoms with E-state index in [0.717, 1.165) is 0 Å². The van der Waals surface area contributed by atoms with Crippen LogP contribution in [-0.4, -0.2) is 200 Å². The third-order valence-corrected chi connectivity index (χ3v) is 11.3. The van der Waals surface area contributed by atoms with Gasteiger partial charge >= 0.3 is 29.8 Å². The third-order valence-electron chi connectivity index (χ3n) is 10.5. The maximum Gasteiger partial charge on any atom is 0.350 e. The number of aliphatic carboxylic acids is 5. The predicted octanol–water partition coefficient (Wildman–Crippen LogP) is 0.124. The lowest BCUT2D eigenvalue weighted by Gasteiger charge is -2.35. The van der Waals surface area contributed by atoms with Crippen LogP contribution in [0, 0.1) is 3.57 Å². The van der Waals surface area contributed by atoms with E-state index in [1.54, 1.807) is 41.3 Å². The van der Waals surface area contributed by atoms with Crippen LogP contribution in [0.5, 0.6) is 5.75 Å². The Morgan fingerprint density at radius 3 is 1.71 bits per heavy atom. The van der Waals surface area contributed by atoms with Gasteiger partial charge < -0.3 is 41.7 Å². The number of benzene rings is 2. The van der Waals surface area contributed by atoms with Gasteiger partial charge in [0, 0.05) is 71.6 Å². The molecule has 1 heterocycles. The molecule has 1 aliphatic heterocycles. The largest absolute Gasteiger partial charge is 0.507 e. The molecule has 2 aromatic carbocycles. The minimum atomic E-state index is -1.42. The van der Waals surface area contributed by atoms with Crippen molar-refractivity contribution >= 4 is 81.6 Å². The van der Waals surface area contributed by atoms with Gasteiger partial charge in [0.25, 0.3) is 11.8 Å². The second kappa shape index (κ2) is 28.3. The zero-order chi connectivity index (χ0) is 48.8. The maximum absolute atomic E-state index is 14.1. The van der Waals surface area contributed by atoms with Gasteiger partial charge in [-0.3, -0.25) is 53.2 Å². The average Bonchev–Trinajstić information content (AvgIpc) is 3.24. The zero-order valence-electron chi connectivity index (χ0n) is 36.3. The highest BCUT2D eigenvalue weighted by atomic mass is 127. The van der Waals surface area contributed by atoms with Crippen molar-refractivity contribution in [2.75, 3.05) is 78.5 Å². The zero-order valence-corrected chi connectivity index (χ0v) is 38.5. The van der Waals surface area contributed by atoms with Crippen LogP contribution in [0.2, 0.25) is 0 Å². The van der Waals surface area contributed by atoms with E-state index < -0.39 is 84.9 Å². The number of carboxylic acids is 5. The number of amides is 3. The molecule has 3 amide bonds. The van der Waals surface area contributed by atoms with Gasteiger partial charge in [0.1, 0.15) is 29.3 Å². The van der Waals surface area contributed by atoms with Gasteiger partial charge in [0.05, 0.1) is 23.2 Å². The Balaban J connectivity index is 1.97. The van der Waals surface area contributed by atoms with E-state index >= 15 is 0 Å². The number of nitrogens with two attached hydrogens (primary N) is 1. The van der Waals surface area contributed by atoms with Gasteiger partial charge in [-0.1, -0.05) is 36.4 Å². The van der Waals surface area contributed by atoms with Crippen molar-refractivity contribution < 1.29 is 69.0 Å². The molecule has 360 valence electrons. The molecule has 0 spiro atoms. The van der Waals surface area contributed by atoms with Gasteiger partial charge in [0.2, 0.25) is 5.91 Å². The average molecular weight is 1040 g/mol. The highest BCUT2D eigenvalue weighted by molar-refractivity contribution is 14.1. The number of unbranched alkanes of at least 4 members (excludes halogenated alkanes) is 1. The number of hydrogen-bond acceptors (Lipinski definition) is 14. The summed E-state index contributed by atoms with van der Waals surface area (Å²) in [6.45, 7) is -0.526. The Hall–Kier alpha value is -5.73. The van der Waals surface area contributed by atoms with E-state index in [-0.39, 0.29) is 96.0 Å². The van der Waals surface area contributed by atoms with E-state index in [1.165, 1.54) is 26.8 Å². The highest BCUT2D eigenvalue weighted by Gasteiger charge is 2.30. The van der Waals surface area contributed by atoms with Crippen molar-refractivity contribution in [3.05, 3.63) is 63.2 Å². The highest BCUT2D eigenvalue weighted by Crippen LogP contribution is 2.21. The summed E-state index contributed by atoms with van der Waals surface area (Å²) in [6, 6.07) is 10.1. The molecule has 1 unspecified atom stereocenters. The number of carbonyl (C=O) groups excluding carboxylic acids is 3. The number of aliphatic imine (C=N–C) groups is 2. The molecule has 9 N–H and O–H groups in total. The lowest BCUT2D eigenvalue weighted by atomic mass is 10.0. The first-order valence-electron chi connectivity index (χ1n) is 21.1. The minimum absolute atomic E-state index is 0.0202.